The second kappa shape index (κ2) is 5.51. The van der Waals surface area contributed by atoms with Crippen LogP contribution in [0.1, 0.15) is 12.8 Å². The van der Waals surface area contributed by atoms with Gasteiger partial charge in [0.1, 0.15) is 0 Å². The molecule has 1 amide bonds. The van der Waals surface area contributed by atoms with Crippen LogP contribution in [0.5, 0.6) is 0 Å². The Morgan fingerprint density at radius 1 is 1.25 bits per heavy atom. The molecule has 5 nitrogen and oxygen atoms in total. The summed E-state index contributed by atoms with van der Waals surface area (Å²) in [4.78, 5) is 24.7. The zero-order chi connectivity index (χ0) is 12.0. The van der Waals surface area contributed by atoms with Gasteiger partial charge in [-0.3, -0.25) is 9.59 Å². The van der Waals surface area contributed by atoms with E-state index in [0.29, 0.717) is 11.4 Å². The number of rotatable bonds is 4. The molecule has 0 spiro atoms. The molecule has 16 heavy (non-hydrogen) atoms. The third-order valence-corrected chi connectivity index (χ3v) is 1.85. The van der Waals surface area contributed by atoms with Gasteiger partial charge in [0.05, 0.1) is 13.0 Å². The minimum atomic E-state index is -1.00. The van der Waals surface area contributed by atoms with E-state index in [1.165, 1.54) is 0 Å². The van der Waals surface area contributed by atoms with Crippen LogP contribution >= 0.6 is 0 Å². The Labute approximate surface area is 92.5 Å². The molecule has 0 unspecified atom stereocenters. The highest BCUT2D eigenvalue weighted by Gasteiger charge is 2.05. The van der Waals surface area contributed by atoms with E-state index in [9.17, 15) is 9.59 Å². The molecule has 0 radical (unpaired) electrons. The molecule has 82 valence electrons. The number of carbonyl (C=O) groups is 2. The molecule has 0 atom stereocenters. The molecule has 0 saturated carbocycles. The maximum absolute atomic E-state index is 11.2. The Morgan fingerprint density at radius 3 is 2.38 bits per heavy atom. The first-order valence-corrected chi connectivity index (χ1v) is 4.61. The Balaban J connectivity index is 2.50. The Morgan fingerprint density at radius 2 is 1.88 bits per heavy atom. The molecular formula is C11H10N2O3. The highest BCUT2D eigenvalue weighted by molar-refractivity contribution is 5.92. The highest BCUT2D eigenvalue weighted by atomic mass is 16.4. The summed E-state index contributed by atoms with van der Waals surface area (Å²) in [6.07, 6.45) is -0.244. The van der Waals surface area contributed by atoms with Crippen LogP contribution in [0.4, 0.5) is 11.4 Å². The first-order valence-electron chi connectivity index (χ1n) is 4.61. The van der Waals surface area contributed by atoms with Crippen LogP contribution in [0.25, 0.3) is 4.85 Å². The first-order chi connectivity index (χ1) is 7.61. The Bertz CT molecular complexity index is 432. The van der Waals surface area contributed by atoms with Crippen molar-refractivity contribution in [3.05, 3.63) is 35.7 Å². The summed E-state index contributed by atoms with van der Waals surface area (Å²) in [6, 6.07) is 6.37. The van der Waals surface area contributed by atoms with Gasteiger partial charge in [-0.2, -0.15) is 0 Å². The summed E-state index contributed by atoms with van der Waals surface area (Å²) in [7, 11) is 0. The first kappa shape index (κ1) is 11.7. The number of carboxylic acid groups (broad SMARTS) is 1. The number of aliphatic carboxylic acids is 1. The second-order valence-corrected chi connectivity index (χ2v) is 3.10. The standard InChI is InChI=1S/C11H10N2O3/c1-12-8-2-4-9(5-3-8)13-10(14)6-7-11(15)16/h2-5H,6-7H2,(H,13,14)(H,15,16). The van der Waals surface area contributed by atoms with Crippen LogP contribution < -0.4 is 5.32 Å². The predicted octanol–water partition coefficient (Wildman–Crippen LogP) is 2.04. The summed E-state index contributed by atoms with van der Waals surface area (Å²) in [5, 5.41) is 10.9. The van der Waals surface area contributed by atoms with Gasteiger partial charge in [0.2, 0.25) is 5.91 Å². The molecule has 0 aliphatic rings. The number of hydrogen-bond acceptors (Lipinski definition) is 2. The van der Waals surface area contributed by atoms with Crippen LogP contribution in [0, 0.1) is 6.57 Å². The lowest BCUT2D eigenvalue weighted by Gasteiger charge is -2.03. The summed E-state index contributed by atoms with van der Waals surface area (Å²) in [5.74, 6) is -1.35. The maximum Gasteiger partial charge on any atom is 0.303 e. The smallest absolute Gasteiger partial charge is 0.303 e. The topological polar surface area (TPSA) is 70.8 Å². The van der Waals surface area contributed by atoms with Crippen molar-refractivity contribution in [1.29, 1.82) is 0 Å². The van der Waals surface area contributed by atoms with E-state index in [1.807, 2.05) is 0 Å². The normalized spacial score (nSPS) is 9.19. The molecule has 0 saturated heterocycles. The summed E-state index contributed by atoms with van der Waals surface area (Å²) in [5.41, 5.74) is 1.05. The quantitative estimate of drug-likeness (QED) is 0.759. The minimum absolute atomic E-state index is 0.0557. The monoisotopic (exact) mass is 218 g/mol. The van der Waals surface area contributed by atoms with Gasteiger partial charge in [-0.15, -0.1) is 0 Å². The van der Waals surface area contributed by atoms with Gasteiger partial charge in [-0.25, -0.2) is 4.85 Å². The number of carboxylic acids is 1. The third kappa shape index (κ3) is 3.80. The van der Waals surface area contributed by atoms with E-state index in [-0.39, 0.29) is 18.7 Å². The highest BCUT2D eigenvalue weighted by Crippen LogP contribution is 2.16. The van der Waals surface area contributed by atoms with Crippen molar-refractivity contribution in [3.63, 3.8) is 0 Å². The second-order valence-electron chi connectivity index (χ2n) is 3.10. The van der Waals surface area contributed by atoms with Crippen molar-refractivity contribution in [2.45, 2.75) is 12.8 Å². The van der Waals surface area contributed by atoms with Crippen molar-refractivity contribution >= 4 is 23.3 Å². The van der Waals surface area contributed by atoms with Crippen molar-refractivity contribution in [2.75, 3.05) is 5.32 Å². The van der Waals surface area contributed by atoms with E-state index in [4.69, 9.17) is 11.7 Å². The molecule has 0 aliphatic heterocycles. The van der Waals surface area contributed by atoms with E-state index >= 15 is 0 Å². The lowest BCUT2D eigenvalue weighted by Crippen LogP contribution is -2.12. The zero-order valence-electron chi connectivity index (χ0n) is 8.43. The number of amides is 1. The van der Waals surface area contributed by atoms with E-state index in [2.05, 4.69) is 10.2 Å². The molecule has 2 N–H and O–H groups in total. The van der Waals surface area contributed by atoms with Gasteiger partial charge in [0.15, 0.2) is 5.69 Å². The fourth-order valence-corrected chi connectivity index (χ4v) is 1.06. The molecule has 1 rings (SSSR count). The van der Waals surface area contributed by atoms with Crippen LogP contribution in [0.3, 0.4) is 0 Å². The number of hydrogen-bond donors (Lipinski definition) is 2. The number of nitrogens with one attached hydrogen (secondary N) is 1. The van der Waals surface area contributed by atoms with Crippen molar-refractivity contribution in [2.24, 2.45) is 0 Å². The van der Waals surface area contributed by atoms with Crippen molar-refractivity contribution < 1.29 is 14.7 Å². The number of carbonyl (C=O) groups excluding carboxylic acids is 1. The molecule has 0 fully saturated rings. The minimum Gasteiger partial charge on any atom is -0.481 e. The van der Waals surface area contributed by atoms with Crippen molar-refractivity contribution in [1.82, 2.24) is 0 Å². The average molecular weight is 218 g/mol. The lowest BCUT2D eigenvalue weighted by atomic mass is 10.2. The van der Waals surface area contributed by atoms with E-state index in [1.54, 1.807) is 24.3 Å². The van der Waals surface area contributed by atoms with Gasteiger partial charge in [0.25, 0.3) is 0 Å². The van der Waals surface area contributed by atoms with Crippen LogP contribution in [0.15, 0.2) is 24.3 Å². The SMILES string of the molecule is [C-]#[N+]c1ccc(NC(=O)CCC(=O)O)cc1. The zero-order valence-corrected chi connectivity index (χ0v) is 8.43. The number of benzene rings is 1. The van der Waals surface area contributed by atoms with Gasteiger partial charge in [0, 0.05) is 12.1 Å². The Kier molecular flexibility index (Phi) is 4.04. The van der Waals surface area contributed by atoms with Gasteiger partial charge in [-0.05, 0) is 12.1 Å². The summed E-state index contributed by atoms with van der Waals surface area (Å²) >= 11 is 0. The largest absolute Gasteiger partial charge is 0.481 e. The summed E-state index contributed by atoms with van der Waals surface area (Å²) < 4.78 is 0. The maximum atomic E-state index is 11.2. The fourth-order valence-electron chi connectivity index (χ4n) is 1.06. The van der Waals surface area contributed by atoms with Crippen LogP contribution in [-0.4, -0.2) is 17.0 Å². The molecule has 1 aromatic rings. The fraction of sp³-hybridized carbons (Fsp3) is 0.182. The number of nitrogens with zero attached hydrogens (tertiary/aromatic N) is 1. The molecule has 5 heteroatoms. The van der Waals surface area contributed by atoms with Crippen LogP contribution in [0.2, 0.25) is 0 Å². The molecule has 0 bridgehead atoms. The molecule has 1 aromatic carbocycles. The van der Waals surface area contributed by atoms with Gasteiger partial charge < -0.3 is 10.4 Å². The molecular weight excluding hydrogens is 208 g/mol. The predicted molar refractivity (Wildman–Crippen MR) is 58.2 cm³/mol. The van der Waals surface area contributed by atoms with E-state index in [0.717, 1.165) is 0 Å². The third-order valence-electron chi connectivity index (χ3n) is 1.85. The van der Waals surface area contributed by atoms with E-state index < -0.39 is 5.97 Å². The lowest BCUT2D eigenvalue weighted by molar-refractivity contribution is -0.138. The Hall–Kier alpha value is -2.35. The average Bonchev–Trinajstić information content (AvgIpc) is 2.27. The molecule has 0 heterocycles. The van der Waals surface area contributed by atoms with Gasteiger partial charge in [-0.1, -0.05) is 12.1 Å². The van der Waals surface area contributed by atoms with Crippen molar-refractivity contribution in [3.8, 4) is 0 Å². The number of anilines is 1. The summed E-state index contributed by atoms with van der Waals surface area (Å²) in [6.45, 7) is 6.74. The molecule has 0 aromatic heterocycles. The van der Waals surface area contributed by atoms with Crippen LogP contribution in [-0.2, 0) is 9.59 Å². The molecule has 0 aliphatic carbocycles. The van der Waals surface area contributed by atoms with Gasteiger partial charge >= 0.3 is 5.97 Å².